The monoisotopic (exact) mass is 246 g/mol. The Hall–Kier alpha value is -0.860. The number of hydrogen-bond acceptors (Lipinski definition) is 2. The molecule has 0 radical (unpaired) electrons. The van der Waals surface area contributed by atoms with Crippen molar-refractivity contribution in [1.82, 2.24) is 10.2 Å². The van der Waals surface area contributed by atoms with Gasteiger partial charge in [0.1, 0.15) is 0 Å². The quantitative estimate of drug-likeness (QED) is 0.859. The Morgan fingerprint density at radius 3 is 2.83 bits per heavy atom. The van der Waals surface area contributed by atoms with E-state index in [1.807, 2.05) is 0 Å². The van der Waals surface area contributed by atoms with Gasteiger partial charge in [0.2, 0.25) is 0 Å². The van der Waals surface area contributed by atoms with Crippen LogP contribution in [-0.4, -0.2) is 30.6 Å². The Bertz CT molecular complexity index is 336. The maximum Gasteiger partial charge on any atom is 0.0208 e. The summed E-state index contributed by atoms with van der Waals surface area (Å²) >= 11 is 0. The molecule has 1 N–H and O–H groups in total. The molecule has 2 heteroatoms. The van der Waals surface area contributed by atoms with Crippen LogP contribution < -0.4 is 5.32 Å². The van der Waals surface area contributed by atoms with E-state index in [9.17, 15) is 0 Å². The van der Waals surface area contributed by atoms with Crippen LogP contribution in [0.3, 0.4) is 0 Å². The molecule has 1 fully saturated rings. The van der Waals surface area contributed by atoms with E-state index < -0.39 is 0 Å². The van der Waals surface area contributed by atoms with Crippen LogP contribution in [0.25, 0.3) is 0 Å². The molecule has 2 nitrogen and oxygen atoms in total. The van der Waals surface area contributed by atoms with E-state index in [2.05, 4.69) is 54.4 Å². The van der Waals surface area contributed by atoms with E-state index in [-0.39, 0.29) is 0 Å². The van der Waals surface area contributed by atoms with Crippen molar-refractivity contribution in [2.24, 2.45) is 5.92 Å². The highest BCUT2D eigenvalue weighted by Gasteiger charge is 2.23. The molecule has 0 saturated carbocycles. The van der Waals surface area contributed by atoms with E-state index in [0.29, 0.717) is 6.04 Å². The lowest BCUT2D eigenvalue weighted by Gasteiger charge is -2.35. The number of nitrogens with zero attached hydrogens (tertiary/aromatic N) is 1. The standard InChI is InChI=1S/C16H26N2/c1-3-18-11-7-10-16(13-18)14(2)17-12-15-8-5-4-6-9-15/h4-6,8-9,14,16-17H,3,7,10-13H2,1-2H3. The van der Waals surface area contributed by atoms with E-state index in [1.54, 1.807) is 0 Å². The van der Waals surface area contributed by atoms with Gasteiger partial charge in [-0.1, -0.05) is 37.3 Å². The largest absolute Gasteiger partial charge is 0.310 e. The van der Waals surface area contributed by atoms with Crippen LogP contribution in [-0.2, 0) is 6.54 Å². The molecule has 1 heterocycles. The molecule has 1 aliphatic rings. The van der Waals surface area contributed by atoms with Crippen LogP contribution in [0.5, 0.6) is 0 Å². The Morgan fingerprint density at radius 1 is 1.33 bits per heavy atom. The molecule has 2 unspecified atom stereocenters. The van der Waals surface area contributed by atoms with Crippen LogP contribution in [0.4, 0.5) is 0 Å². The smallest absolute Gasteiger partial charge is 0.0208 e. The third kappa shape index (κ3) is 3.82. The molecule has 0 aliphatic carbocycles. The van der Waals surface area contributed by atoms with Gasteiger partial charge in [0.05, 0.1) is 0 Å². The van der Waals surface area contributed by atoms with Crippen LogP contribution >= 0.6 is 0 Å². The maximum atomic E-state index is 3.69. The number of hydrogen-bond donors (Lipinski definition) is 1. The summed E-state index contributed by atoms with van der Waals surface area (Å²) in [4.78, 5) is 2.58. The predicted octanol–water partition coefficient (Wildman–Crippen LogP) is 2.90. The first-order chi connectivity index (χ1) is 8.79. The Balaban J connectivity index is 1.79. The first-order valence-corrected chi connectivity index (χ1v) is 7.29. The van der Waals surface area contributed by atoms with Crippen LogP contribution in [0.2, 0.25) is 0 Å². The van der Waals surface area contributed by atoms with Crippen LogP contribution in [0, 0.1) is 5.92 Å². The van der Waals surface area contributed by atoms with Crippen LogP contribution in [0.15, 0.2) is 30.3 Å². The van der Waals surface area contributed by atoms with Gasteiger partial charge in [0, 0.05) is 19.1 Å². The van der Waals surface area contributed by atoms with Gasteiger partial charge in [-0.3, -0.25) is 0 Å². The van der Waals surface area contributed by atoms with Gasteiger partial charge in [-0.2, -0.15) is 0 Å². The van der Waals surface area contributed by atoms with Gasteiger partial charge < -0.3 is 10.2 Å². The average Bonchev–Trinajstić information content (AvgIpc) is 2.46. The van der Waals surface area contributed by atoms with Crippen molar-refractivity contribution in [2.45, 2.75) is 39.3 Å². The second-order valence-electron chi connectivity index (χ2n) is 5.45. The van der Waals surface area contributed by atoms with Crippen LogP contribution in [0.1, 0.15) is 32.3 Å². The van der Waals surface area contributed by atoms with Gasteiger partial charge in [-0.15, -0.1) is 0 Å². The summed E-state index contributed by atoms with van der Waals surface area (Å²) in [6.07, 6.45) is 2.73. The van der Waals surface area contributed by atoms with Gasteiger partial charge in [0.15, 0.2) is 0 Å². The number of likely N-dealkylation sites (tertiary alicyclic amines) is 1. The molecule has 0 aromatic heterocycles. The van der Waals surface area contributed by atoms with Crippen molar-refractivity contribution in [3.05, 3.63) is 35.9 Å². The summed E-state index contributed by atoms with van der Waals surface area (Å²) < 4.78 is 0. The minimum atomic E-state index is 0.611. The molecule has 18 heavy (non-hydrogen) atoms. The highest BCUT2D eigenvalue weighted by atomic mass is 15.1. The highest BCUT2D eigenvalue weighted by molar-refractivity contribution is 5.14. The predicted molar refractivity (Wildman–Crippen MR) is 77.6 cm³/mol. The summed E-state index contributed by atoms with van der Waals surface area (Å²) in [5.41, 5.74) is 1.38. The zero-order chi connectivity index (χ0) is 12.8. The van der Waals surface area contributed by atoms with E-state index >= 15 is 0 Å². The fourth-order valence-corrected chi connectivity index (χ4v) is 2.83. The molecular formula is C16H26N2. The summed E-state index contributed by atoms with van der Waals surface area (Å²) in [5, 5.41) is 3.69. The minimum absolute atomic E-state index is 0.611. The van der Waals surface area contributed by atoms with E-state index in [0.717, 1.165) is 12.5 Å². The van der Waals surface area contributed by atoms with Crippen molar-refractivity contribution in [1.29, 1.82) is 0 Å². The minimum Gasteiger partial charge on any atom is -0.310 e. The molecule has 1 aliphatic heterocycles. The lowest BCUT2D eigenvalue weighted by molar-refractivity contribution is 0.157. The molecule has 2 atom stereocenters. The third-order valence-corrected chi connectivity index (χ3v) is 4.17. The Kier molecular flexibility index (Phi) is 5.21. The molecule has 1 aromatic rings. The molecule has 0 bridgehead atoms. The second-order valence-corrected chi connectivity index (χ2v) is 5.45. The summed E-state index contributed by atoms with van der Waals surface area (Å²) in [5.74, 6) is 0.808. The topological polar surface area (TPSA) is 15.3 Å². The molecule has 1 aromatic carbocycles. The maximum absolute atomic E-state index is 3.69. The molecular weight excluding hydrogens is 220 g/mol. The van der Waals surface area contributed by atoms with Crippen molar-refractivity contribution >= 4 is 0 Å². The molecule has 2 rings (SSSR count). The lowest BCUT2D eigenvalue weighted by atomic mass is 9.91. The molecule has 0 amide bonds. The van der Waals surface area contributed by atoms with Gasteiger partial charge >= 0.3 is 0 Å². The fraction of sp³-hybridized carbons (Fsp3) is 0.625. The first-order valence-electron chi connectivity index (χ1n) is 7.29. The molecule has 1 saturated heterocycles. The summed E-state index contributed by atoms with van der Waals surface area (Å²) in [6.45, 7) is 9.35. The van der Waals surface area contributed by atoms with Crippen molar-refractivity contribution < 1.29 is 0 Å². The number of nitrogens with one attached hydrogen (secondary N) is 1. The Morgan fingerprint density at radius 2 is 2.11 bits per heavy atom. The Labute approximate surface area is 111 Å². The zero-order valence-corrected chi connectivity index (χ0v) is 11.7. The van der Waals surface area contributed by atoms with Crippen molar-refractivity contribution in [3.8, 4) is 0 Å². The first kappa shape index (κ1) is 13.6. The molecule has 0 spiro atoms. The normalized spacial score (nSPS) is 22.9. The average molecular weight is 246 g/mol. The van der Waals surface area contributed by atoms with Gasteiger partial charge in [0.25, 0.3) is 0 Å². The van der Waals surface area contributed by atoms with Gasteiger partial charge in [-0.25, -0.2) is 0 Å². The van der Waals surface area contributed by atoms with E-state index in [1.165, 1.54) is 38.0 Å². The number of rotatable bonds is 5. The highest BCUT2D eigenvalue weighted by Crippen LogP contribution is 2.19. The molecule has 100 valence electrons. The third-order valence-electron chi connectivity index (χ3n) is 4.17. The zero-order valence-electron chi connectivity index (χ0n) is 11.7. The summed E-state index contributed by atoms with van der Waals surface area (Å²) in [6, 6.07) is 11.3. The van der Waals surface area contributed by atoms with E-state index in [4.69, 9.17) is 0 Å². The summed E-state index contributed by atoms with van der Waals surface area (Å²) in [7, 11) is 0. The fourth-order valence-electron chi connectivity index (χ4n) is 2.83. The lowest BCUT2D eigenvalue weighted by Crippen LogP contribution is -2.44. The van der Waals surface area contributed by atoms with Gasteiger partial charge in [-0.05, 0) is 44.3 Å². The second kappa shape index (κ2) is 6.91. The number of piperidine rings is 1. The SMILES string of the molecule is CCN1CCCC(C(C)NCc2ccccc2)C1. The number of benzene rings is 1. The van der Waals surface area contributed by atoms with Crippen molar-refractivity contribution in [2.75, 3.05) is 19.6 Å². The van der Waals surface area contributed by atoms with Crippen molar-refractivity contribution in [3.63, 3.8) is 0 Å².